The Labute approximate surface area is 103 Å². The number of benzene rings is 1. The van der Waals surface area contributed by atoms with Gasteiger partial charge in [0, 0.05) is 13.0 Å². The second-order valence-electron chi connectivity index (χ2n) is 4.37. The molecule has 0 saturated carbocycles. The first-order valence-electron chi connectivity index (χ1n) is 5.97. The molecule has 1 aliphatic rings. The molecule has 0 spiro atoms. The van der Waals surface area contributed by atoms with E-state index in [1.54, 1.807) is 0 Å². The fraction of sp³-hybridized carbons (Fsp3) is 0.462. The van der Waals surface area contributed by atoms with E-state index in [4.69, 9.17) is 0 Å². The highest BCUT2D eigenvalue weighted by Gasteiger charge is 2.35. The van der Waals surface area contributed by atoms with Gasteiger partial charge in [0.15, 0.2) is 0 Å². The highest BCUT2D eigenvalue weighted by Crippen LogP contribution is 2.37. The first-order valence-corrected chi connectivity index (χ1v) is 5.97. The minimum Gasteiger partial charge on any atom is -0.312 e. The average molecular weight is 257 g/mol. The van der Waals surface area contributed by atoms with Gasteiger partial charge in [-0.25, -0.2) is 0 Å². The van der Waals surface area contributed by atoms with Gasteiger partial charge in [0.2, 0.25) is 5.91 Å². The Kier molecular flexibility index (Phi) is 3.59. The van der Waals surface area contributed by atoms with Gasteiger partial charge in [-0.2, -0.15) is 13.2 Å². The van der Waals surface area contributed by atoms with Gasteiger partial charge < -0.3 is 4.90 Å². The molecule has 18 heavy (non-hydrogen) atoms. The van der Waals surface area contributed by atoms with E-state index in [1.165, 1.54) is 23.1 Å². The fourth-order valence-corrected chi connectivity index (χ4v) is 2.19. The van der Waals surface area contributed by atoms with Gasteiger partial charge in [-0.15, -0.1) is 0 Å². The molecular weight excluding hydrogens is 243 g/mol. The van der Waals surface area contributed by atoms with E-state index in [9.17, 15) is 18.0 Å². The van der Waals surface area contributed by atoms with Crippen LogP contribution in [0.5, 0.6) is 0 Å². The molecule has 98 valence electrons. The van der Waals surface area contributed by atoms with Crippen LogP contribution in [0.1, 0.15) is 31.2 Å². The summed E-state index contributed by atoms with van der Waals surface area (Å²) in [5, 5.41) is 0. The van der Waals surface area contributed by atoms with Crippen molar-refractivity contribution in [3.63, 3.8) is 0 Å². The molecule has 1 saturated heterocycles. The molecule has 5 heteroatoms. The largest absolute Gasteiger partial charge is 0.418 e. The first kappa shape index (κ1) is 12.9. The molecule has 2 nitrogen and oxygen atoms in total. The maximum Gasteiger partial charge on any atom is 0.418 e. The Balaban J connectivity index is 2.40. The molecule has 0 bridgehead atoms. The smallest absolute Gasteiger partial charge is 0.312 e. The van der Waals surface area contributed by atoms with Crippen LogP contribution < -0.4 is 4.90 Å². The van der Waals surface area contributed by atoms with Gasteiger partial charge in [-0.3, -0.25) is 4.79 Å². The molecule has 1 aromatic rings. The van der Waals surface area contributed by atoms with E-state index in [0.29, 0.717) is 13.0 Å². The Morgan fingerprint density at radius 3 is 2.50 bits per heavy atom. The Morgan fingerprint density at radius 1 is 1.06 bits per heavy atom. The third-order valence-corrected chi connectivity index (χ3v) is 3.07. The number of amides is 1. The number of rotatable bonds is 1. The highest BCUT2D eigenvalue weighted by molar-refractivity contribution is 5.94. The summed E-state index contributed by atoms with van der Waals surface area (Å²) < 4.78 is 38.7. The standard InChI is InChI=1S/C13H14F3NO/c14-13(15,16)10-6-3-4-7-11(10)17-9-5-1-2-8-12(17)18/h3-4,6-7H,1-2,5,8-9H2. The van der Waals surface area contributed by atoms with E-state index in [-0.39, 0.29) is 11.6 Å². The van der Waals surface area contributed by atoms with Gasteiger partial charge in [-0.05, 0) is 25.0 Å². The lowest BCUT2D eigenvalue weighted by molar-refractivity contribution is -0.137. The molecule has 1 heterocycles. The van der Waals surface area contributed by atoms with Crippen LogP contribution in [-0.2, 0) is 11.0 Å². The monoisotopic (exact) mass is 257 g/mol. The number of hydrogen-bond donors (Lipinski definition) is 0. The maximum absolute atomic E-state index is 12.9. The summed E-state index contributed by atoms with van der Waals surface area (Å²) in [4.78, 5) is 13.1. The number of halogens is 3. The highest BCUT2D eigenvalue weighted by atomic mass is 19.4. The molecule has 0 N–H and O–H groups in total. The fourth-order valence-electron chi connectivity index (χ4n) is 2.19. The zero-order chi connectivity index (χ0) is 13.2. The quantitative estimate of drug-likeness (QED) is 0.752. The van der Waals surface area contributed by atoms with Crippen LogP contribution in [0.15, 0.2) is 24.3 Å². The van der Waals surface area contributed by atoms with Gasteiger partial charge >= 0.3 is 6.18 Å². The van der Waals surface area contributed by atoms with Crippen LogP contribution in [0.25, 0.3) is 0 Å². The molecular formula is C13H14F3NO. The summed E-state index contributed by atoms with van der Waals surface area (Å²) >= 11 is 0. The van der Waals surface area contributed by atoms with Crippen molar-refractivity contribution in [2.75, 3.05) is 11.4 Å². The van der Waals surface area contributed by atoms with Crippen molar-refractivity contribution in [2.45, 2.75) is 31.9 Å². The summed E-state index contributed by atoms with van der Waals surface area (Å²) in [5.41, 5.74) is -0.753. The average Bonchev–Trinajstić information content (AvgIpc) is 2.53. The minimum absolute atomic E-state index is 0.0168. The second-order valence-corrected chi connectivity index (χ2v) is 4.37. The normalized spacial score (nSPS) is 17.7. The van der Waals surface area contributed by atoms with E-state index < -0.39 is 11.7 Å². The zero-order valence-electron chi connectivity index (χ0n) is 9.83. The molecule has 1 amide bonds. The number of hydrogen-bond acceptors (Lipinski definition) is 1. The lowest BCUT2D eigenvalue weighted by Crippen LogP contribution is -2.31. The van der Waals surface area contributed by atoms with Crippen LogP contribution in [-0.4, -0.2) is 12.5 Å². The molecule has 2 rings (SSSR count). The number of anilines is 1. The van der Waals surface area contributed by atoms with Crippen LogP contribution in [0.4, 0.5) is 18.9 Å². The number of nitrogens with zero attached hydrogens (tertiary/aromatic N) is 1. The van der Waals surface area contributed by atoms with Crippen LogP contribution in [0.3, 0.4) is 0 Å². The van der Waals surface area contributed by atoms with Gasteiger partial charge in [0.25, 0.3) is 0 Å². The predicted molar refractivity (Wildman–Crippen MR) is 62.3 cm³/mol. The van der Waals surface area contributed by atoms with Crippen molar-refractivity contribution < 1.29 is 18.0 Å². The minimum atomic E-state index is -4.43. The van der Waals surface area contributed by atoms with E-state index in [2.05, 4.69) is 0 Å². The molecule has 1 fully saturated rings. The lowest BCUT2D eigenvalue weighted by Gasteiger charge is -2.24. The summed E-state index contributed by atoms with van der Waals surface area (Å²) in [6.07, 6.45) is -1.72. The summed E-state index contributed by atoms with van der Waals surface area (Å²) in [7, 11) is 0. The number of para-hydroxylation sites is 1. The molecule has 0 unspecified atom stereocenters. The van der Waals surface area contributed by atoms with Crippen molar-refractivity contribution >= 4 is 11.6 Å². The Morgan fingerprint density at radius 2 is 1.78 bits per heavy atom. The molecule has 0 radical (unpaired) electrons. The molecule has 0 aromatic heterocycles. The topological polar surface area (TPSA) is 20.3 Å². The van der Waals surface area contributed by atoms with Crippen LogP contribution in [0.2, 0.25) is 0 Å². The van der Waals surface area contributed by atoms with E-state index in [1.807, 2.05) is 0 Å². The molecule has 0 atom stereocenters. The van der Waals surface area contributed by atoms with Crippen molar-refractivity contribution in [2.24, 2.45) is 0 Å². The van der Waals surface area contributed by atoms with Crippen LogP contribution in [0, 0.1) is 0 Å². The van der Waals surface area contributed by atoms with Crippen molar-refractivity contribution in [1.82, 2.24) is 0 Å². The molecule has 1 aliphatic heterocycles. The summed E-state index contributed by atoms with van der Waals surface area (Å²) in [6, 6.07) is 5.26. The van der Waals surface area contributed by atoms with Crippen molar-refractivity contribution in [1.29, 1.82) is 0 Å². The van der Waals surface area contributed by atoms with Crippen molar-refractivity contribution in [3.8, 4) is 0 Å². The third-order valence-electron chi connectivity index (χ3n) is 3.07. The van der Waals surface area contributed by atoms with Gasteiger partial charge in [0.1, 0.15) is 0 Å². The molecule has 1 aromatic carbocycles. The molecule has 0 aliphatic carbocycles. The number of alkyl halides is 3. The lowest BCUT2D eigenvalue weighted by atomic mass is 10.1. The Hall–Kier alpha value is -1.52. The van der Waals surface area contributed by atoms with Gasteiger partial charge in [0.05, 0.1) is 11.3 Å². The van der Waals surface area contributed by atoms with Gasteiger partial charge in [-0.1, -0.05) is 18.6 Å². The number of carbonyl (C=O) groups excluding carboxylic acids is 1. The predicted octanol–water partition coefficient (Wildman–Crippen LogP) is 3.61. The Bertz CT molecular complexity index is 442. The maximum atomic E-state index is 12.9. The number of carbonyl (C=O) groups is 1. The van der Waals surface area contributed by atoms with E-state index in [0.717, 1.165) is 25.3 Å². The van der Waals surface area contributed by atoms with Crippen molar-refractivity contribution in [3.05, 3.63) is 29.8 Å². The summed E-state index contributed by atoms with van der Waals surface area (Å²) in [6.45, 7) is 0.367. The second kappa shape index (κ2) is 5.00. The van der Waals surface area contributed by atoms with E-state index >= 15 is 0 Å². The third kappa shape index (κ3) is 2.66. The zero-order valence-corrected chi connectivity index (χ0v) is 9.83. The SMILES string of the molecule is O=C1CCCCCN1c1ccccc1C(F)(F)F. The summed E-state index contributed by atoms with van der Waals surface area (Å²) in [5.74, 6) is -0.218. The first-order chi connectivity index (χ1) is 8.50. The van der Waals surface area contributed by atoms with Crippen LogP contribution >= 0.6 is 0 Å².